The molecule has 0 saturated heterocycles. The minimum Gasteiger partial charge on any atom is -0.478 e. The number of carboxylic acid groups (broad SMARTS) is 1. The third kappa shape index (κ3) is 4.23. The monoisotopic (exact) mass is 257 g/mol. The highest BCUT2D eigenvalue weighted by Crippen LogP contribution is 2.09. The van der Waals surface area contributed by atoms with E-state index >= 15 is 0 Å². The molecular weight excluding hydrogens is 246 g/mol. The first-order chi connectivity index (χ1) is 7.80. The van der Waals surface area contributed by atoms with Crippen molar-refractivity contribution in [3.63, 3.8) is 0 Å². The van der Waals surface area contributed by atoms with Gasteiger partial charge in [-0.3, -0.25) is 4.79 Å². The molecule has 0 bridgehead atoms. The van der Waals surface area contributed by atoms with Crippen LogP contribution in [0.4, 0.5) is 0 Å². The van der Waals surface area contributed by atoms with Gasteiger partial charge in [0.1, 0.15) is 5.75 Å². The van der Waals surface area contributed by atoms with Crippen molar-refractivity contribution >= 4 is 21.7 Å². The van der Waals surface area contributed by atoms with Crippen LogP contribution in [-0.2, 0) is 20.4 Å². The number of nitrogens with two attached hydrogens (primary N) is 1. The van der Waals surface area contributed by atoms with Crippen LogP contribution < -0.4 is 5.73 Å². The third-order valence-corrected chi connectivity index (χ3v) is 3.45. The Balaban J connectivity index is 2.82. The van der Waals surface area contributed by atoms with Gasteiger partial charge >= 0.3 is 5.97 Å². The molecule has 0 aliphatic heterocycles. The first-order valence-corrected chi connectivity index (χ1v) is 6.43. The summed E-state index contributed by atoms with van der Waals surface area (Å²) in [7, 11) is -3.59. The Morgan fingerprint density at radius 2 is 1.71 bits per heavy atom. The number of carboxylic acids is 1. The van der Waals surface area contributed by atoms with Crippen LogP contribution in [0.25, 0.3) is 0 Å². The zero-order valence-electron chi connectivity index (χ0n) is 8.79. The van der Waals surface area contributed by atoms with E-state index in [9.17, 15) is 18.0 Å². The number of hydrogen-bond donors (Lipinski definition) is 2. The molecule has 1 amide bonds. The van der Waals surface area contributed by atoms with Crippen LogP contribution in [0.5, 0.6) is 0 Å². The van der Waals surface area contributed by atoms with Crippen molar-refractivity contribution in [2.75, 3.05) is 5.75 Å². The molecule has 1 aromatic carbocycles. The number of benzene rings is 1. The Morgan fingerprint density at radius 3 is 2.12 bits per heavy atom. The minimum absolute atomic E-state index is 0.0704. The lowest BCUT2D eigenvalue weighted by atomic mass is 10.1. The second kappa shape index (κ2) is 4.96. The molecule has 17 heavy (non-hydrogen) atoms. The van der Waals surface area contributed by atoms with Crippen LogP contribution in [0.15, 0.2) is 24.3 Å². The lowest BCUT2D eigenvalue weighted by molar-refractivity contribution is -0.115. The summed E-state index contributed by atoms with van der Waals surface area (Å²) in [6.07, 6.45) is 0. The molecule has 3 N–H and O–H groups in total. The van der Waals surface area contributed by atoms with Crippen LogP contribution in [-0.4, -0.2) is 31.2 Å². The van der Waals surface area contributed by atoms with Crippen molar-refractivity contribution in [2.24, 2.45) is 5.73 Å². The normalized spacial score (nSPS) is 11.1. The molecular formula is C10H11NO5S. The van der Waals surface area contributed by atoms with Gasteiger partial charge in [-0.2, -0.15) is 0 Å². The van der Waals surface area contributed by atoms with Gasteiger partial charge in [-0.25, -0.2) is 13.2 Å². The molecule has 0 aliphatic carbocycles. The number of hydrogen-bond acceptors (Lipinski definition) is 4. The summed E-state index contributed by atoms with van der Waals surface area (Å²) in [4.78, 5) is 21.1. The highest BCUT2D eigenvalue weighted by atomic mass is 32.2. The Hall–Kier alpha value is -1.89. The Morgan fingerprint density at radius 1 is 1.18 bits per heavy atom. The first kappa shape index (κ1) is 13.2. The molecule has 0 saturated carbocycles. The average molecular weight is 257 g/mol. The summed E-state index contributed by atoms with van der Waals surface area (Å²) in [5.74, 6) is -3.05. The van der Waals surface area contributed by atoms with Crippen molar-refractivity contribution in [2.45, 2.75) is 5.75 Å². The topological polar surface area (TPSA) is 115 Å². The van der Waals surface area contributed by atoms with Crippen LogP contribution in [0.2, 0.25) is 0 Å². The molecule has 0 spiro atoms. The van der Waals surface area contributed by atoms with E-state index in [1.807, 2.05) is 0 Å². The van der Waals surface area contributed by atoms with Crippen LogP contribution in [0.1, 0.15) is 15.9 Å². The van der Waals surface area contributed by atoms with Gasteiger partial charge in [0.05, 0.1) is 11.3 Å². The Bertz CT molecular complexity index is 532. The fraction of sp³-hybridized carbons (Fsp3) is 0.200. The lowest BCUT2D eigenvalue weighted by Gasteiger charge is -2.02. The maximum Gasteiger partial charge on any atom is 0.335 e. The number of sulfone groups is 1. The van der Waals surface area contributed by atoms with Crippen LogP contribution in [0, 0.1) is 0 Å². The first-order valence-electron chi connectivity index (χ1n) is 4.61. The van der Waals surface area contributed by atoms with Gasteiger partial charge < -0.3 is 10.8 Å². The Labute approximate surface area is 98.0 Å². The van der Waals surface area contributed by atoms with E-state index in [-0.39, 0.29) is 11.3 Å². The maximum atomic E-state index is 11.4. The number of carbonyl (C=O) groups excluding carboxylic acids is 1. The summed E-state index contributed by atoms with van der Waals surface area (Å²) in [5.41, 5.74) is 5.28. The second-order valence-electron chi connectivity index (χ2n) is 3.50. The SMILES string of the molecule is NC(=O)CS(=O)(=O)Cc1ccc(C(=O)O)cc1. The smallest absolute Gasteiger partial charge is 0.335 e. The number of aromatic carboxylic acids is 1. The standard InChI is InChI=1S/C10H11NO5S/c11-9(12)6-17(15,16)5-7-1-3-8(4-2-7)10(13)14/h1-4H,5-6H2,(H2,11,12)(H,13,14). The van der Waals surface area contributed by atoms with Gasteiger partial charge in [-0.15, -0.1) is 0 Å². The summed E-state index contributed by atoms with van der Waals surface area (Å²) in [6, 6.07) is 5.39. The van der Waals surface area contributed by atoms with E-state index in [0.717, 1.165) is 0 Å². The zero-order chi connectivity index (χ0) is 13.1. The van der Waals surface area contributed by atoms with Gasteiger partial charge in [0.2, 0.25) is 5.91 Å². The quantitative estimate of drug-likeness (QED) is 0.757. The maximum absolute atomic E-state index is 11.4. The highest BCUT2D eigenvalue weighted by Gasteiger charge is 2.15. The van der Waals surface area contributed by atoms with Crippen LogP contribution >= 0.6 is 0 Å². The third-order valence-electron chi connectivity index (χ3n) is 1.95. The molecule has 0 aromatic heterocycles. The minimum atomic E-state index is -3.59. The van der Waals surface area contributed by atoms with E-state index in [0.29, 0.717) is 5.56 Å². The molecule has 0 radical (unpaired) electrons. The van der Waals surface area contributed by atoms with Crippen molar-refractivity contribution in [3.05, 3.63) is 35.4 Å². The van der Waals surface area contributed by atoms with Crippen LogP contribution in [0.3, 0.4) is 0 Å². The summed E-state index contributed by atoms with van der Waals surface area (Å²) in [5, 5.41) is 8.65. The van der Waals surface area contributed by atoms with Crippen molar-refractivity contribution in [1.82, 2.24) is 0 Å². The Kier molecular flexibility index (Phi) is 3.84. The molecule has 6 nitrogen and oxygen atoms in total. The largest absolute Gasteiger partial charge is 0.478 e. The van der Waals surface area contributed by atoms with Gasteiger partial charge in [-0.1, -0.05) is 12.1 Å². The zero-order valence-corrected chi connectivity index (χ0v) is 9.61. The van der Waals surface area contributed by atoms with E-state index in [1.165, 1.54) is 24.3 Å². The molecule has 1 rings (SSSR count). The molecule has 0 aliphatic rings. The summed E-state index contributed by atoms with van der Waals surface area (Å²) >= 11 is 0. The molecule has 1 aromatic rings. The van der Waals surface area contributed by atoms with E-state index in [2.05, 4.69) is 0 Å². The molecule has 0 atom stereocenters. The predicted octanol–water partition coefficient (Wildman–Crippen LogP) is -0.215. The predicted molar refractivity (Wildman–Crippen MR) is 60.1 cm³/mol. The van der Waals surface area contributed by atoms with Crippen molar-refractivity contribution < 1.29 is 23.1 Å². The average Bonchev–Trinajstić information content (AvgIpc) is 2.15. The molecule has 92 valence electrons. The summed E-state index contributed by atoms with van der Waals surface area (Å²) in [6.45, 7) is 0. The molecule has 0 heterocycles. The van der Waals surface area contributed by atoms with Crippen molar-refractivity contribution in [1.29, 1.82) is 0 Å². The fourth-order valence-electron chi connectivity index (χ4n) is 1.27. The number of rotatable bonds is 5. The molecule has 0 fully saturated rings. The van der Waals surface area contributed by atoms with E-state index in [4.69, 9.17) is 10.8 Å². The molecule has 0 unspecified atom stereocenters. The van der Waals surface area contributed by atoms with Gasteiger partial charge in [0, 0.05) is 0 Å². The highest BCUT2D eigenvalue weighted by molar-refractivity contribution is 7.91. The molecule has 7 heteroatoms. The number of carbonyl (C=O) groups is 2. The number of amides is 1. The van der Waals surface area contributed by atoms with E-state index < -0.39 is 27.5 Å². The fourth-order valence-corrected chi connectivity index (χ4v) is 2.50. The second-order valence-corrected chi connectivity index (χ2v) is 5.57. The van der Waals surface area contributed by atoms with Gasteiger partial charge in [0.15, 0.2) is 9.84 Å². The van der Waals surface area contributed by atoms with E-state index in [1.54, 1.807) is 0 Å². The van der Waals surface area contributed by atoms with Gasteiger partial charge in [-0.05, 0) is 17.7 Å². The van der Waals surface area contributed by atoms with Gasteiger partial charge in [0.25, 0.3) is 0 Å². The summed E-state index contributed by atoms with van der Waals surface area (Å²) < 4.78 is 22.8. The number of primary amides is 1. The van der Waals surface area contributed by atoms with Crippen molar-refractivity contribution in [3.8, 4) is 0 Å². The lowest BCUT2D eigenvalue weighted by Crippen LogP contribution is -2.24.